The highest BCUT2D eigenvalue weighted by atomic mass is 79.9. The van der Waals surface area contributed by atoms with Crippen molar-refractivity contribution in [3.63, 3.8) is 0 Å². The van der Waals surface area contributed by atoms with Crippen molar-refractivity contribution in [1.82, 2.24) is 10.2 Å². The minimum absolute atomic E-state index is 0.156. The van der Waals surface area contributed by atoms with E-state index in [4.69, 9.17) is 0 Å². The Morgan fingerprint density at radius 3 is 3.06 bits per heavy atom. The van der Waals surface area contributed by atoms with Gasteiger partial charge in [-0.2, -0.15) is 0 Å². The number of thiophene rings is 1. The maximum Gasteiger partial charge on any atom is 0.255 e. The van der Waals surface area contributed by atoms with E-state index in [1.165, 1.54) is 0 Å². The monoisotopic (exact) mass is 316 g/mol. The second-order valence-corrected chi connectivity index (χ2v) is 6.52. The molecule has 3 nitrogen and oxygen atoms in total. The first-order chi connectivity index (χ1) is 8.22. The van der Waals surface area contributed by atoms with Crippen LogP contribution >= 0.6 is 27.3 Å². The standard InChI is InChI=1S/C12H17BrN2OS/c1-2-15(10-4-3-5-14-7-10)12(16)9-6-11(13)17-8-9/h6,8,10,14H,2-5,7H2,1H3. The molecule has 0 bridgehead atoms. The number of hydrogen-bond acceptors (Lipinski definition) is 3. The van der Waals surface area contributed by atoms with Crippen molar-refractivity contribution in [2.45, 2.75) is 25.8 Å². The van der Waals surface area contributed by atoms with Gasteiger partial charge in [-0.25, -0.2) is 0 Å². The van der Waals surface area contributed by atoms with Crippen LogP contribution in [0.3, 0.4) is 0 Å². The van der Waals surface area contributed by atoms with Gasteiger partial charge in [-0.15, -0.1) is 11.3 Å². The number of nitrogens with one attached hydrogen (secondary N) is 1. The lowest BCUT2D eigenvalue weighted by Crippen LogP contribution is -2.48. The third-order valence-electron chi connectivity index (χ3n) is 3.13. The fourth-order valence-electron chi connectivity index (χ4n) is 2.26. The second-order valence-electron chi connectivity index (χ2n) is 4.23. The molecule has 1 aromatic rings. The molecular formula is C12H17BrN2OS. The summed E-state index contributed by atoms with van der Waals surface area (Å²) < 4.78 is 1.01. The van der Waals surface area contributed by atoms with Crippen molar-refractivity contribution in [1.29, 1.82) is 0 Å². The fourth-order valence-corrected chi connectivity index (χ4v) is 3.39. The van der Waals surface area contributed by atoms with Crippen LogP contribution in [-0.2, 0) is 0 Å². The number of likely N-dealkylation sites (N-methyl/N-ethyl adjacent to an activating group) is 1. The van der Waals surface area contributed by atoms with E-state index in [1.54, 1.807) is 11.3 Å². The first-order valence-corrected chi connectivity index (χ1v) is 7.65. The van der Waals surface area contributed by atoms with Gasteiger partial charge >= 0.3 is 0 Å². The van der Waals surface area contributed by atoms with Gasteiger partial charge in [0.25, 0.3) is 5.91 Å². The topological polar surface area (TPSA) is 32.3 Å². The first kappa shape index (κ1) is 13.1. The zero-order valence-electron chi connectivity index (χ0n) is 9.91. The van der Waals surface area contributed by atoms with E-state index in [0.717, 1.165) is 41.8 Å². The van der Waals surface area contributed by atoms with Crippen molar-refractivity contribution in [2.24, 2.45) is 0 Å². The van der Waals surface area contributed by atoms with Gasteiger partial charge < -0.3 is 10.2 Å². The number of nitrogens with zero attached hydrogens (tertiary/aromatic N) is 1. The molecule has 17 heavy (non-hydrogen) atoms. The molecule has 94 valence electrons. The molecule has 5 heteroatoms. The van der Waals surface area contributed by atoms with Crippen LogP contribution in [0.2, 0.25) is 0 Å². The summed E-state index contributed by atoms with van der Waals surface area (Å²) in [4.78, 5) is 14.4. The normalized spacial score (nSPS) is 20.2. The summed E-state index contributed by atoms with van der Waals surface area (Å²) in [5.74, 6) is 0.156. The summed E-state index contributed by atoms with van der Waals surface area (Å²) in [6, 6.07) is 2.26. The van der Waals surface area contributed by atoms with E-state index >= 15 is 0 Å². The average Bonchev–Trinajstić information content (AvgIpc) is 2.78. The molecule has 1 aliphatic heterocycles. The van der Waals surface area contributed by atoms with Gasteiger partial charge in [-0.1, -0.05) is 0 Å². The lowest BCUT2D eigenvalue weighted by Gasteiger charge is -2.33. The minimum Gasteiger partial charge on any atom is -0.335 e. The molecule has 1 N–H and O–H groups in total. The van der Waals surface area contributed by atoms with Crippen molar-refractivity contribution >= 4 is 33.2 Å². The molecule has 0 aromatic carbocycles. The first-order valence-electron chi connectivity index (χ1n) is 5.98. The van der Waals surface area contributed by atoms with Gasteiger partial charge in [-0.05, 0) is 48.3 Å². The van der Waals surface area contributed by atoms with Crippen molar-refractivity contribution in [2.75, 3.05) is 19.6 Å². The number of carbonyl (C=O) groups is 1. The smallest absolute Gasteiger partial charge is 0.255 e. The fraction of sp³-hybridized carbons (Fsp3) is 0.583. The molecule has 0 aliphatic carbocycles. The second kappa shape index (κ2) is 5.98. The highest BCUT2D eigenvalue weighted by Gasteiger charge is 2.25. The summed E-state index contributed by atoms with van der Waals surface area (Å²) in [5.41, 5.74) is 0.800. The van der Waals surface area contributed by atoms with Gasteiger partial charge in [0.15, 0.2) is 0 Å². The molecule has 1 atom stereocenters. The molecule has 2 rings (SSSR count). The molecule has 0 saturated carbocycles. The van der Waals surface area contributed by atoms with Gasteiger partial charge in [0.05, 0.1) is 9.35 Å². The summed E-state index contributed by atoms with van der Waals surface area (Å²) in [7, 11) is 0. The number of rotatable bonds is 3. The van der Waals surface area contributed by atoms with Gasteiger partial charge in [0, 0.05) is 24.5 Å². The van der Waals surface area contributed by atoms with E-state index in [9.17, 15) is 4.79 Å². The van der Waals surface area contributed by atoms with Crippen LogP contribution < -0.4 is 5.32 Å². The van der Waals surface area contributed by atoms with E-state index in [-0.39, 0.29) is 5.91 Å². The van der Waals surface area contributed by atoms with Crippen molar-refractivity contribution in [3.8, 4) is 0 Å². The maximum absolute atomic E-state index is 12.4. The largest absolute Gasteiger partial charge is 0.335 e. The Labute approximate surface area is 114 Å². The van der Waals surface area contributed by atoms with Crippen LogP contribution in [0.15, 0.2) is 15.2 Å². The predicted molar refractivity (Wildman–Crippen MR) is 74.6 cm³/mol. The summed E-state index contributed by atoms with van der Waals surface area (Å²) in [5, 5.41) is 5.28. The molecule has 1 saturated heterocycles. The van der Waals surface area contributed by atoms with Crippen molar-refractivity contribution in [3.05, 3.63) is 20.8 Å². The Kier molecular flexibility index (Phi) is 4.59. The number of halogens is 1. The zero-order chi connectivity index (χ0) is 12.3. The average molecular weight is 317 g/mol. The Morgan fingerprint density at radius 1 is 1.71 bits per heavy atom. The van der Waals surface area contributed by atoms with Gasteiger partial charge in [-0.3, -0.25) is 4.79 Å². The maximum atomic E-state index is 12.4. The lowest BCUT2D eigenvalue weighted by atomic mass is 10.1. The Bertz CT molecular complexity index is 388. The molecule has 0 spiro atoms. The Balaban J connectivity index is 2.09. The molecule has 2 heterocycles. The highest BCUT2D eigenvalue weighted by Crippen LogP contribution is 2.23. The van der Waals surface area contributed by atoms with Crippen LogP contribution in [0.1, 0.15) is 30.1 Å². The predicted octanol–water partition coefficient (Wildman–Crippen LogP) is 2.72. The Morgan fingerprint density at radius 2 is 2.53 bits per heavy atom. The molecular weight excluding hydrogens is 300 g/mol. The van der Waals surface area contributed by atoms with E-state index in [1.807, 2.05) is 23.3 Å². The zero-order valence-corrected chi connectivity index (χ0v) is 12.3. The van der Waals surface area contributed by atoms with E-state index in [0.29, 0.717) is 6.04 Å². The SMILES string of the molecule is CCN(C(=O)c1csc(Br)c1)C1CCCNC1. The third-order valence-corrected chi connectivity index (χ3v) is 4.63. The molecule has 1 fully saturated rings. The van der Waals surface area contributed by atoms with E-state index in [2.05, 4.69) is 21.2 Å². The summed E-state index contributed by atoms with van der Waals surface area (Å²) >= 11 is 4.96. The lowest BCUT2D eigenvalue weighted by molar-refractivity contribution is 0.0662. The number of hydrogen-bond donors (Lipinski definition) is 1. The molecule has 1 aliphatic rings. The molecule has 1 amide bonds. The van der Waals surface area contributed by atoms with Gasteiger partial charge in [0.2, 0.25) is 0 Å². The van der Waals surface area contributed by atoms with Crippen molar-refractivity contribution < 1.29 is 4.79 Å². The molecule has 0 radical (unpaired) electrons. The highest BCUT2D eigenvalue weighted by molar-refractivity contribution is 9.11. The van der Waals surface area contributed by atoms with Crippen LogP contribution in [-0.4, -0.2) is 36.5 Å². The van der Waals surface area contributed by atoms with Gasteiger partial charge in [0.1, 0.15) is 0 Å². The third kappa shape index (κ3) is 3.09. The Hall–Kier alpha value is -0.390. The van der Waals surface area contributed by atoms with Crippen LogP contribution in [0.25, 0.3) is 0 Å². The molecule has 1 aromatic heterocycles. The van der Waals surface area contributed by atoms with Crippen LogP contribution in [0.4, 0.5) is 0 Å². The van der Waals surface area contributed by atoms with Crippen LogP contribution in [0.5, 0.6) is 0 Å². The minimum atomic E-state index is 0.156. The van der Waals surface area contributed by atoms with Crippen LogP contribution in [0, 0.1) is 0 Å². The molecule has 1 unspecified atom stereocenters. The van der Waals surface area contributed by atoms with E-state index < -0.39 is 0 Å². The number of carbonyl (C=O) groups excluding carboxylic acids is 1. The summed E-state index contributed by atoms with van der Waals surface area (Å²) in [6.45, 7) is 4.82. The summed E-state index contributed by atoms with van der Waals surface area (Å²) in [6.07, 6.45) is 2.26. The quantitative estimate of drug-likeness (QED) is 0.930. The number of amides is 1. The number of piperidine rings is 1.